The highest BCUT2D eigenvalue weighted by Crippen LogP contribution is 2.32. The lowest BCUT2D eigenvalue weighted by Gasteiger charge is -2.25. The third kappa shape index (κ3) is 2.42. The van der Waals surface area contributed by atoms with E-state index in [0.29, 0.717) is 11.5 Å². The van der Waals surface area contributed by atoms with Gasteiger partial charge in [0.15, 0.2) is 0 Å². The van der Waals surface area contributed by atoms with Gasteiger partial charge in [-0.25, -0.2) is 0 Å². The number of phenols is 1. The Hall–Kier alpha value is -1.55. The standard InChI is InChI=1S/C17H18BrNO2/c1-11-8-9-19(15(11)10-18)17(21)14-7-6-12-4-2-3-5-13(12)16(14)20/h2-7,11,15,20H,8-10H2,1H3. The zero-order chi connectivity index (χ0) is 15.0. The first kappa shape index (κ1) is 14.4. The molecule has 0 bridgehead atoms. The Morgan fingerprint density at radius 1 is 1.33 bits per heavy atom. The summed E-state index contributed by atoms with van der Waals surface area (Å²) in [4.78, 5) is 14.6. The Balaban J connectivity index is 2.00. The highest BCUT2D eigenvalue weighted by Gasteiger charge is 2.34. The molecule has 0 aromatic heterocycles. The molecular weight excluding hydrogens is 330 g/mol. The topological polar surface area (TPSA) is 40.5 Å². The molecule has 0 radical (unpaired) electrons. The van der Waals surface area contributed by atoms with Crippen molar-refractivity contribution in [3.63, 3.8) is 0 Å². The molecule has 2 atom stereocenters. The quantitative estimate of drug-likeness (QED) is 0.839. The summed E-state index contributed by atoms with van der Waals surface area (Å²) in [5.74, 6) is 0.494. The van der Waals surface area contributed by atoms with Crippen LogP contribution in [0.1, 0.15) is 23.7 Å². The van der Waals surface area contributed by atoms with Crippen LogP contribution in [0.15, 0.2) is 36.4 Å². The second-order valence-corrected chi connectivity index (χ2v) is 6.32. The molecule has 1 N–H and O–H groups in total. The SMILES string of the molecule is CC1CCN(C(=O)c2ccc3ccccc3c2O)C1CBr. The number of aromatic hydroxyl groups is 1. The molecule has 0 spiro atoms. The molecule has 1 amide bonds. The van der Waals surface area contributed by atoms with Crippen molar-refractivity contribution in [2.24, 2.45) is 5.92 Å². The van der Waals surface area contributed by atoms with Gasteiger partial charge in [-0.3, -0.25) is 4.79 Å². The van der Waals surface area contributed by atoms with Crippen LogP contribution in [0.5, 0.6) is 5.75 Å². The zero-order valence-corrected chi connectivity index (χ0v) is 13.5. The first-order chi connectivity index (χ1) is 10.1. The lowest BCUT2D eigenvalue weighted by atomic mass is 10.0. The van der Waals surface area contributed by atoms with Crippen LogP contribution < -0.4 is 0 Å². The smallest absolute Gasteiger partial charge is 0.257 e. The molecule has 1 saturated heterocycles. The molecule has 110 valence electrons. The number of benzene rings is 2. The first-order valence-corrected chi connectivity index (χ1v) is 8.33. The Bertz CT molecular complexity index is 686. The van der Waals surface area contributed by atoms with Gasteiger partial charge in [0.1, 0.15) is 5.75 Å². The molecule has 21 heavy (non-hydrogen) atoms. The van der Waals surface area contributed by atoms with E-state index >= 15 is 0 Å². The van der Waals surface area contributed by atoms with Gasteiger partial charge in [0.25, 0.3) is 5.91 Å². The average Bonchev–Trinajstić information content (AvgIpc) is 2.88. The minimum absolute atomic E-state index is 0.0768. The maximum Gasteiger partial charge on any atom is 0.257 e. The van der Waals surface area contributed by atoms with E-state index in [1.807, 2.05) is 35.2 Å². The molecule has 1 aliphatic rings. The highest BCUT2D eigenvalue weighted by atomic mass is 79.9. The molecular formula is C17H18BrNO2. The number of alkyl halides is 1. The highest BCUT2D eigenvalue weighted by molar-refractivity contribution is 9.09. The minimum Gasteiger partial charge on any atom is -0.506 e. The van der Waals surface area contributed by atoms with E-state index in [-0.39, 0.29) is 17.7 Å². The van der Waals surface area contributed by atoms with Gasteiger partial charge in [0.05, 0.1) is 5.56 Å². The van der Waals surface area contributed by atoms with Crippen molar-refractivity contribution in [3.8, 4) is 5.75 Å². The van der Waals surface area contributed by atoms with E-state index in [1.165, 1.54) is 0 Å². The van der Waals surface area contributed by atoms with Crippen molar-refractivity contribution in [1.29, 1.82) is 0 Å². The Labute approximate surface area is 132 Å². The summed E-state index contributed by atoms with van der Waals surface area (Å²) in [5.41, 5.74) is 0.397. The van der Waals surface area contributed by atoms with Gasteiger partial charge >= 0.3 is 0 Å². The van der Waals surface area contributed by atoms with Crippen LogP contribution in [0.3, 0.4) is 0 Å². The monoisotopic (exact) mass is 347 g/mol. The van der Waals surface area contributed by atoms with E-state index in [4.69, 9.17) is 0 Å². The summed E-state index contributed by atoms with van der Waals surface area (Å²) in [6.45, 7) is 2.92. The van der Waals surface area contributed by atoms with Gasteiger partial charge in [-0.2, -0.15) is 0 Å². The molecule has 1 heterocycles. The van der Waals surface area contributed by atoms with Crippen LogP contribution in [-0.4, -0.2) is 33.8 Å². The number of hydrogen-bond donors (Lipinski definition) is 1. The Morgan fingerprint density at radius 2 is 2.10 bits per heavy atom. The number of nitrogens with zero attached hydrogens (tertiary/aromatic N) is 1. The van der Waals surface area contributed by atoms with Crippen LogP contribution >= 0.6 is 15.9 Å². The molecule has 2 unspecified atom stereocenters. The lowest BCUT2D eigenvalue weighted by Crippen LogP contribution is -2.38. The number of carbonyl (C=O) groups is 1. The van der Waals surface area contributed by atoms with Crippen molar-refractivity contribution >= 4 is 32.6 Å². The Morgan fingerprint density at radius 3 is 2.86 bits per heavy atom. The summed E-state index contributed by atoms with van der Waals surface area (Å²) in [5, 5.41) is 12.9. The number of hydrogen-bond acceptors (Lipinski definition) is 2. The fourth-order valence-corrected chi connectivity index (χ4v) is 4.07. The number of likely N-dealkylation sites (tertiary alicyclic amines) is 1. The van der Waals surface area contributed by atoms with Crippen LogP contribution in [-0.2, 0) is 0 Å². The van der Waals surface area contributed by atoms with Crippen LogP contribution in [0.25, 0.3) is 10.8 Å². The minimum atomic E-state index is -0.0768. The summed E-state index contributed by atoms with van der Waals surface area (Å²) in [6, 6.07) is 11.4. The second kappa shape index (κ2) is 5.68. The summed E-state index contributed by atoms with van der Waals surface area (Å²) < 4.78 is 0. The van der Waals surface area contributed by atoms with Crippen molar-refractivity contribution in [2.75, 3.05) is 11.9 Å². The average molecular weight is 348 g/mol. The largest absolute Gasteiger partial charge is 0.506 e. The van der Waals surface area contributed by atoms with Gasteiger partial charge in [-0.15, -0.1) is 0 Å². The van der Waals surface area contributed by atoms with Gasteiger partial charge in [0, 0.05) is 23.3 Å². The van der Waals surface area contributed by atoms with Crippen molar-refractivity contribution < 1.29 is 9.90 Å². The van der Waals surface area contributed by atoms with E-state index in [9.17, 15) is 9.90 Å². The number of fused-ring (bicyclic) bond motifs is 1. The van der Waals surface area contributed by atoms with E-state index in [0.717, 1.165) is 29.1 Å². The van der Waals surface area contributed by atoms with Gasteiger partial charge in [0.2, 0.25) is 0 Å². The Kier molecular flexibility index (Phi) is 3.89. The maximum atomic E-state index is 12.8. The number of amides is 1. The first-order valence-electron chi connectivity index (χ1n) is 7.21. The van der Waals surface area contributed by atoms with Crippen molar-refractivity contribution in [2.45, 2.75) is 19.4 Å². The molecule has 2 aromatic carbocycles. The van der Waals surface area contributed by atoms with Gasteiger partial charge in [-0.1, -0.05) is 53.2 Å². The molecule has 3 rings (SSSR count). The van der Waals surface area contributed by atoms with E-state index in [1.54, 1.807) is 6.07 Å². The second-order valence-electron chi connectivity index (χ2n) is 5.67. The van der Waals surface area contributed by atoms with Crippen molar-refractivity contribution in [3.05, 3.63) is 42.0 Å². The maximum absolute atomic E-state index is 12.8. The van der Waals surface area contributed by atoms with E-state index in [2.05, 4.69) is 22.9 Å². The fourth-order valence-electron chi connectivity index (χ4n) is 3.08. The predicted molar refractivity (Wildman–Crippen MR) is 88.0 cm³/mol. The van der Waals surface area contributed by atoms with Crippen molar-refractivity contribution in [1.82, 2.24) is 4.90 Å². The normalized spacial score (nSPS) is 21.9. The number of carbonyl (C=O) groups excluding carboxylic acids is 1. The molecule has 0 saturated carbocycles. The number of rotatable bonds is 2. The number of halogens is 1. The third-order valence-corrected chi connectivity index (χ3v) is 5.10. The molecule has 1 fully saturated rings. The van der Waals surface area contributed by atoms with Crippen LogP contribution in [0, 0.1) is 5.92 Å². The zero-order valence-electron chi connectivity index (χ0n) is 11.9. The summed E-state index contributed by atoms with van der Waals surface area (Å²) in [6.07, 6.45) is 1.01. The predicted octanol–water partition coefficient (Wildman–Crippen LogP) is 3.79. The fraction of sp³-hybridized carbons (Fsp3) is 0.353. The van der Waals surface area contributed by atoms with Gasteiger partial charge < -0.3 is 10.0 Å². The number of phenolic OH excluding ortho intramolecular Hbond substituents is 1. The summed E-state index contributed by atoms with van der Waals surface area (Å²) >= 11 is 3.50. The summed E-state index contributed by atoms with van der Waals surface area (Å²) in [7, 11) is 0. The molecule has 4 heteroatoms. The molecule has 1 aliphatic heterocycles. The molecule has 2 aromatic rings. The van der Waals surface area contributed by atoms with Crippen LogP contribution in [0.4, 0.5) is 0 Å². The van der Waals surface area contributed by atoms with Crippen LogP contribution in [0.2, 0.25) is 0 Å². The third-order valence-electron chi connectivity index (χ3n) is 4.43. The molecule has 0 aliphatic carbocycles. The van der Waals surface area contributed by atoms with E-state index < -0.39 is 0 Å². The lowest BCUT2D eigenvalue weighted by molar-refractivity contribution is 0.0736. The van der Waals surface area contributed by atoms with Gasteiger partial charge in [-0.05, 0) is 23.8 Å². The molecule has 3 nitrogen and oxygen atoms in total.